The van der Waals surface area contributed by atoms with E-state index in [1.54, 1.807) is 13.2 Å². The van der Waals surface area contributed by atoms with Crippen molar-refractivity contribution in [2.75, 3.05) is 13.7 Å². The summed E-state index contributed by atoms with van der Waals surface area (Å²) in [7, 11) is 1.60. The van der Waals surface area contributed by atoms with Crippen LogP contribution >= 0.6 is 11.6 Å². The van der Waals surface area contributed by atoms with Crippen LogP contribution in [0.25, 0.3) is 0 Å². The molecule has 0 aliphatic carbocycles. The van der Waals surface area contributed by atoms with Gasteiger partial charge in [0.15, 0.2) is 0 Å². The fourth-order valence-corrected chi connectivity index (χ4v) is 2.47. The second-order valence-corrected chi connectivity index (χ2v) is 5.37. The van der Waals surface area contributed by atoms with Crippen molar-refractivity contribution in [1.29, 1.82) is 0 Å². The minimum absolute atomic E-state index is 0.0699. The molecule has 4 nitrogen and oxygen atoms in total. The van der Waals surface area contributed by atoms with Gasteiger partial charge in [0, 0.05) is 12.1 Å². The molecular weight excluding hydrogens is 314 g/mol. The Balaban J connectivity index is 1.93. The van der Waals surface area contributed by atoms with Crippen LogP contribution in [0.3, 0.4) is 0 Å². The van der Waals surface area contributed by atoms with E-state index in [-0.39, 0.29) is 12.3 Å². The van der Waals surface area contributed by atoms with E-state index in [0.29, 0.717) is 29.7 Å². The van der Waals surface area contributed by atoms with Gasteiger partial charge in [-0.25, -0.2) is 0 Å². The van der Waals surface area contributed by atoms with E-state index in [1.807, 2.05) is 43.3 Å². The molecule has 0 aliphatic rings. The quantitative estimate of drug-likeness (QED) is 0.842. The molecule has 0 fully saturated rings. The zero-order chi connectivity index (χ0) is 16.7. The van der Waals surface area contributed by atoms with Crippen LogP contribution in [-0.4, -0.2) is 19.6 Å². The van der Waals surface area contributed by atoms with Crippen molar-refractivity contribution < 1.29 is 14.3 Å². The summed E-state index contributed by atoms with van der Waals surface area (Å²) < 4.78 is 10.6. The third-order valence-corrected chi connectivity index (χ3v) is 3.62. The molecule has 1 N–H and O–H groups in total. The summed E-state index contributed by atoms with van der Waals surface area (Å²) in [4.78, 5) is 12.1. The molecule has 5 heteroatoms. The van der Waals surface area contributed by atoms with Gasteiger partial charge >= 0.3 is 0 Å². The van der Waals surface area contributed by atoms with Gasteiger partial charge < -0.3 is 14.8 Å². The monoisotopic (exact) mass is 333 g/mol. The Morgan fingerprint density at radius 3 is 2.65 bits per heavy atom. The van der Waals surface area contributed by atoms with Gasteiger partial charge in [-0.3, -0.25) is 4.79 Å². The Hall–Kier alpha value is -2.20. The Morgan fingerprint density at radius 2 is 1.96 bits per heavy atom. The molecule has 0 heterocycles. The molecule has 2 aromatic carbocycles. The molecule has 0 radical (unpaired) electrons. The number of rotatable bonds is 7. The van der Waals surface area contributed by atoms with Gasteiger partial charge in [-0.1, -0.05) is 35.9 Å². The standard InChI is InChI=1S/C18H20ClNO3/c1-3-23-17-9-8-13(10-15(17)19)12-20-18(21)11-14-6-4-5-7-16(14)22-2/h4-10H,3,11-12H2,1-2H3,(H,20,21). The first kappa shape index (κ1) is 17.2. The van der Waals surface area contributed by atoms with Crippen LogP contribution in [0.5, 0.6) is 11.5 Å². The molecule has 0 bridgehead atoms. The van der Waals surface area contributed by atoms with Gasteiger partial charge in [-0.15, -0.1) is 0 Å². The number of nitrogens with one attached hydrogen (secondary N) is 1. The van der Waals surface area contributed by atoms with Gasteiger partial charge in [0.05, 0.1) is 25.2 Å². The number of benzene rings is 2. The second-order valence-electron chi connectivity index (χ2n) is 4.96. The van der Waals surface area contributed by atoms with Gasteiger partial charge in [-0.05, 0) is 30.7 Å². The second kappa shape index (κ2) is 8.44. The predicted molar refractivity (Wildman–Crippen MR) is 91.2 cm³/mol. The number of amides is 1. The minimum atomic E-state index is -0.0699. The number of methoxy groups -OCH3 is 1. The Labute approximate surface area is 141 Å². The van der Waals surface area contributed by atoms with Crippen LogP contribution in [0.1, 0.15) is 18.1 Å². The zero-order valence-electron chi connectivity index (χ0n) is 13.3. The maximum Gasteiger partial charge on any atom is 0.224 e. The van der Waals surface area contributed by atoms with Gasteiger partial charge in [0.25, 0.3) is 0 Å². The molecule has 0 unspecified atom stereocenters. The lowest BCUT2D eigenvalue weighted by Crippen LogP contribution is -2.24. The van der Waals surface area contributed by atoms with Crippen LogP contribution < -0.4 is 14.8 Å². The lowest BCUT2D eigenvalue weighted by molar-refractivity contribution is -0.120. The average Bonchev–Trinajstić information content (AvgIpc) is 2.56. The van der Waals surface area contributed by atoms with Gasteiger partial charge in [0.2, 0.25) is 5.91 Å². The maximum absolute atomic E-state index is 12.1. The topological polar surface area (TPSA) is 47.6 Å². The van der Waals surface area contributed by atoms with E-state index in [0.717, 1.165) is 11.1 Å². The van der Waals surface area contributed by atoms with Crippen molar-refractivity contribution in [2.24, 2.45) is 0 Å². The van der Waals surface area contributed by atoms with Gasteiger partial charge in [0.1, 0.15) is 11.5 Å². The number of halogens is 1. The number of carbonyl (C=O) groups is 1. The lowest BCUT2D eigenvalue weighted by Gasteiger charge is -2.10. The fourth-order valence-electron chi connectivity index (χ4n) is 2.21. The number of ether oxygens (including phenoxy) is 2. The third kappa shape index (κ3) is 4.89. The SMILES string of the molecule is CCOc1ccc(CNC(=O)Cc2ccccc2OC)cc1Cl. The zero-order valence-corrected chi connectivity index (χ0v) is 14.0. The summed E-state index contributed by atoms with van der Waals surface area (Å²) in [6.45, 7) is 2.89. The maximum atomic E-state index is 12.1. The first-order chi connectivity index (χ1) is 11.1. The van der Waals surface area contributed by atoms with Crippen LogP contribution in [0.15, 0.2) is 42.5 Å². The highest BCUT2D eigenvalue weighted by atomic mass is 35.5. The van der Waals surface area contributed by atoms with E-state index < -0.39 is 0 Å². The number of hydrogen-bond acceptors (Lipinski definition) is 3. The summed E-state index contributed by atoms with van der Waals surface area (Å²) in [5.41, 5.74) is 1.78. The van der Waals surface area contributed by atoms with E-state index in [4.69, 9.17) is 21.1 Å². The van der Waals surface area contributed by atoms with E-state index >= 15 is 0 Å². The molecule has 0 saturated carbocycles. The molecule has 0 aromatic heterocycles. The van der Waals surface area contributed by atoms with Crippen molar-refractivity contribution in [3.05, 3.63) is 58.6 Å². The van der Waals surface area contributed by atoms with Crippen LogP contribution in [-0.2, 0) is 17.8 Å². The highest BCUT2D eigenvalue weighted by Crippen LogP contribution is 2.25. The molecule has 1 amide bonds. The van der Waals surface area contributed by atoms with Crippen molar-refractivity contribution in [3.63, 3.8) is 0 Å². The largest absolute Gasteiger partial charge is 0.496 e. The molecule has 2 aromatic rings. The van der Waals surface area contributed by atoms with Gasteiger partial charge in [-0.2, -0.15) is 0 Å². The Bertz CT molecular complexity index is 673. The van der Waals surface area contributed by atoms with Crippen molar-refractivity contribution >= 4 is 17.5 Å². The van der Waals surface area contributed by atoms with E-state index in [1.165, 1.54) is 0 Å². The highest BCUT2D eigenvalue weighted by molar-refractivity contribution is 6.32. The average molecular weight is 334 g/mol. The molecule has 0 saturated heterocycles. The van der Waals surface area contributed by atoms with Crippen LogP contribution in [0.2, 0.25) is 5.02 Å². The summed E-state index contributed by atoms with van der Waals surface area (Å²) in [5, 5.41) is 3.43. The first-order valence-corrected chi connectivity index (χ1v) is 7.81. The Kier molecular flexibility index (Phi) is 6.29. The molecule has 2 rings (SSSR count). The smallest absolute Gasteiger partial charge is 0.224 e. The summed E-state index contributed by atoms with van der Waals surface area (Å²) in [5.74, 6) is 1.30. The molecule has 0 spiro atoms. The Morgan fingerprint density at radius 1 is 1.17 bits per heavy atom. The molecule has 23 heavy (non-hydrogen) atoms. The molecule has 0 aliphatic heterocycles. The lowest BCUT2D eigenvalue weighted by atomic mass is 10.1. The van der Waals surface area contributed by atoms with Crippen molar-refractivity contribution in [2.45, 2.75) is 19.9 Å². The van der Waals surface area contributed by atoms with Crippen molar-refractivity contribution in [1.82, 2.24) is 5.32 Å². The molecule has 0 atom stereocenters. The number of hydrogen-bond donors (Lipinski definition) is 1. The first-order valence-electron chi connectivity index (χ1n) is 7.43. The molecular formula is C18H20ClNO3. The summed E-state index contributed by atoms with van der Waals surface area (Å²) in [6.07, 6.45) is 0.273. The molecule has 122 valence electrons. The third-order valence-electron chi connectivity index (χ3n) is 3.33. The van der Waals surface area contributed by atoms with Crippen LogP contribution in [0, 0.1) is 0 Å². The summed E-state index contributed by atoms with van der Waals surface area (Å²) in [6, 6.07) is 13.0. The summed E-state index contributed by atoms with van der Waals surface area (Å²) >= 11 is 6.14. The van der Waals surface area contributed by atoms with E-state index in [9.17, 15) is 4.79 Å². The number of carbonyl (C=O) groups excluding carboxylic acids is 1. The number of para-hydroxylation sites is 1. The van der Waals surface area contributed by atoms with Crippen LogP contribution in [0.4, 0.5) is 0 Å². The highest BCUT2D eigenvalue weighted by Gasteiger charge is 2.09. The fraction of sp³-hybridized carbons (Fsp3) is 0.278. The minimum Gasteiger partial charge on any atom is -0.496 e. The van der Waals surface area contributed by atoms with E-state index in [2.05, 4.69) is 5.32 Å². The van der Waals surface area contributed by atoms with Crippen molar-refractivity contribution in [3.8, 4) is 11.5 Å². The predicted octanol–water partition coefficient (Wildman–Crippen LogP) is 3.61. The normalized spacial score (nSPS) is 10.2.